The lowest BCUT2D eigenvalue weighted by Crippen LogP contribution is -2.51. The Hall–Kier alpha value is -2.37. The number of hydrazine groups is 1. The molecule has 5 heteroatoms. The Kier molecular flexibility index (Phi) is 4.90. The largest absolute Gasteiger partial charge is 0.488 e. The molecule has 1 aliphatic rings. The number of rotatable bonds is 4. The molecule has 0 bridgehead atoms. The van der Waals surface area contributed by atoms with Crippen LogP contribution in [0.4, 0.5) is 0 Å². The summed E-state index contributed by atoms with van der Waals surface area (Å²) in [5.41, 5.74) is 1.68. The molecule has 1 amide bonds. The number of nitrogens with zero attached hydrogens (tertiary/aromatic N) is 2. The topological polar surface area (TPSA) is 58.8 Å². The highest BCUT2D eigenvalue weighted by Gasteiger charge is 2.23. The van der Waals surface area contributed by atoms with Crippen LogP contribution in [0, 0.1) is 0 Å². The Morgan fingerprint density at radius 1 is 0.957 bits per heavy atom. The minimum Gasteiger partial charge on any atom is -0.488 e. The third-order valence-corrected chi connectivity index (χ3v) is 3.96. The number of hydrogen-bond donors (Lipinski definition) is 1. The van der Waals surface area contributed by atoms with Crippen molar-refractivity contribution in [2.75, 3.05) is 26.2 Å². The second-order valence-electron chi connectivity index (χ2n) is 5.60. The molecule has 0 aliphatic carbocycles. The van der Waals surface area contributed by atoms with E-state index in [1.54, 1.807) is 5.01 Å². The molecule has 0 aromatic heterocycles. The third-order valence-electron chi connectivity index (χ3n) is 3.96. The molecule has 5 nitrogen and oxygen atoms in total. The molecule has 0 radical (unpaired) electrons. The minimum absolute atomic E-state index is 0.00163. The highest BCUT2D eigenvalue weighted by molar-refractivity contribution is 5.97. The molecule has 1 heterocycles. The van der Waals surface area contributed by atoms with Gasteiger partial charge in [-0.2, -0.15) is 0 Å². The van der Waals surface area contributed by atoms with E-state index in [4.69, 9.17) is 10.6 Å². The van der Waals surface area contributed by atoms with Gasteiger partial charge in [-0.25, -0.2) is 5.01 Å². The van der Waals surface area contributed by atoms with E-state index in [1.807, 2.05) is 59.5 Å². The lowest BCUT2D eigenvalue weighted by atomic mass is 10.1. The van der Waals surface area contributed by atoms with E-state index in [-0.39, 0.29) is 5.91 Å². The highest BCUT2D eigenvalue weighted by Crippen LogP contribution is 2.21. The maximum absolute atomic E-state index is 12.7. The normalized spacial score (nSPS) is 15.4. The van der Waals surface area contributed by atoms with Gasteiger partial charge in [0, 0.05) is 26.2 Å². The molecule has 23 heavy (non-hydrogen) atoms. The van der Waals surface area contributed by atoms with E-state index in [9.17, 15) is 4.79 Å². The molecule has 3 rings (SSSR count). The summed E-state index contributed by atoms with van der Waals surface area (Å²) in [6, 6.07) is 17.3. The second-order valence-corrected chi connectivity index (χ2v) is 5.60. The Bertz CT molecular complexity index is 652. The number of piperazine rings is 1. The van der Waals surface area contributed by atoms with Crippen molar-refractivity contribution in [1.82, 2.24) is 9.91 Å². The number of carbonyl (C=O) groups excluding carboxylic acids is 1. The van der Waals surface area contributed by atoms with Gasteiger partial charge in [-0.05, 0) is 17.7 Å². The average Bonchev–Trinajstić information content (AvgIpc) is 2.61. The first kappa shape index (κ1) is 15.5. The van der Waals surface area contributed by atoms with Crippen molar-refractivity contribution in [2.45, 2.75) is 6.61 Å². The summed E-state index contributed by atoms with van der Waals surface area (Å²) in [7, 11) is 0. The van der Waals surface area contributed by atoms with Gasteiger partial charge in [-0.3, -0.25) is 10.6 Å². The molecule has 1 saturated heterocycles. The first-order valence-electron chi connectivity index (χ1n) is 7.79. The summed E-state index contributed by atoms with van der Waals surface area (Å²) in [6.07, 6.45) is 0. The van der Waals surface area contributed by atoms with Crippen LogP contribution in [0.2, 0.25) is 0 Å². The van der Waals surface area contributed by atoms with Gasteiger partial charge in [0.15, 0.2) is 0 Å². The molecular formula is C18H21N3O2. The zero-order chi connectivity index (χ0) is 16.1. The van der Waals surface area contributed by atoms with E-state index < -0.39 is 0 Å². The van der Waals surface area contributed by atoms with Crippen LogP contribution < -0.4 is 10.6 Å². The monoisotopic (exact) mass is 311 g/mol. The van der Waals surface area contributed by atoms with Gasteiger partial charge < -0.3 is 9.64 Å². The first-order chi connectivity index (χ1) is 11.2. The number of benzene rings is 2. The Morgan fingerprint density at radius 3 is 2.35 bits per heavy atom. The van der Waals surface area contributed by atoms with Crippen LogP contribution >= 0.6 is 0 Å². The number of para-hydroxylation sites is 1. The fraction of sp³-hybridized carbons (Fsp3) is 0.278. The summed E-state index contributed by atoms with van der Waals surface area (Å²) in [5, 5.41) is 1.74. The molecular weight excluding hydrogens is 290 g/mol. The van der Waals surface area contributed by atoms with E-state index in [2.05, 4.69) is 0 Å². The Balaban J connectivity index is 1.71. The standard InChI is InChI=1S/C18H21N3O2/c19-21-12-10-20(11-13-21)18(22)16-8-4-5-9-17(16)23-14-15-6-2-1-3-7-15/h1-9H,10-14,19H2. The van der Waals surface area contributed by atoms with E-state index in [0.717, 1.165) is 5.56 Å². The highest BCUT2D eigenvalue weighted by atomic mass is 16.5. The smallest absolute Gasteiger partial charge is 0.257 e. The van der Waals surface area contributed by atoms with Gasteiger partial charge in [-0.1, -0.05) is 42.5 Å². The molecule has 1 fully saturated rings. The van der Waals surface area contributed by atoms with Crippen LogP contribution in [-0.4, -0.2) is 42.0 Å². The lowest BCUT2D eigenvalue weighted by molar-refractivity contribution is 0.0633. The summed E-state index contributed by atoms with van der Waals surface area (Å²) in [4.78, 5) is 14.6. The molecule has 0 atom stereocenters. The quantitative estimate of drug-likeness (QED) is 0.876. The van der Waals surface area contributed by atoms with Crippen LogP contribution in [0.15, 0.2) is 54.6 Å². The number of carbonyl (C=O) groups is 1. The molecule has 0 spiro atoms. The maximum Gasteiger partial charge on any atom is 0.257 e. The number of ether oxygens (including phenoxy) is 1. The van der Waals surface area contributed by atoms with Crippen LogP contribution in [0.3, 0.4) is 0 Å². The fourth-order valence-electron chi connectivity index (χ4n) is 2.60. The molecule has 0 unspecified atom stereocenters. The summed E-state index contributed by atoms with van der Waals surface area (Å²) >= 11 is 0. The summed E-state index contributed by atoms with van der Waals surface area (Å²) in [5.74, 6) is 6.37. The van der Waals surface area contributed by atoms with Crippen molar-refractivity contribution in [2.24, 2.45) is 5.84 Å². The average molecular weight is 311 g/mol. The van der Waals surface area contributed by atoms with Crippen molar-refractivity contribution < 1.29 is 9.53 Å². The van der Waals surface area contributed by atoms with Crippen molar-refractivity contribution in [1.29, 1.82) is 0 Å². The van der Waals surface area contributed by atoms with Gasteiger partial charge in [0.05, 0.1) is 5.56 Å². The molecule has 1 aliphatic heterocycles. The lowest BCUT2D eigenvalue weighted by Gasteiger charge is -2.32. The zero-order valence-electron chi connectivity index (χ0n) is 13.0. The van der Waals surface area contributed by atoms with E-state index >= 15 is 0 Å². The molecule has 120 valence electrons. The van der Waals surface area contributed by atoms with Gasteiger partial charge >= 0.3 is 0 Å². The summed E-state index contributed by atoms with van der Waals surface area (Å²) in [6.45, 7) is 3.12. The van der Waals surface area contributed by atoms with Crippen LogP contribution in [0.5, 0.6) is 5.75 Å². The number of nitrogens with two attached hydrogens (primary N) is 1. The van der Waals surface area contributed by atoms with E-state index in [1.165, 1.54) is 0 Å². The van der Waals surface area contributed by atoms with E-state index in [0.29, 0.717) is 44.1 Å². The van der Waals surface area contributed by atoms with Crippen LogP contribution in [0.1, 0.15) is 15.9 Å². The number of amides is 1. The van der Waals surface area contributed by atoms with Gasteiger partial charge in [0.25, 0.3) is 5.91 Å². The van der Waals surface area contributed by atoms with Gasteiger partial charge in [-0.15, -0.1) is 0 Å². The van der Waals surface area contributed by atoms with Crippen LogP contribution in [0.25, 0.3) is 0 Å². The predicted molar refractivity (Wildman–Crippen MR) is 88.9 cm³/mol. The minimum atomic E-state index is 0.00163. The molecule has 2 aromatic rings. The Morgan fingerprint density at radius 2 is 1.61 bits per heavy atom. The SMILES string of the molecule is NN1CCN(C(=O)c2ccccc2OCc2ccccc2)CC1. The van der Waals surface area contributed by atoms with Crippen molar-refractivity contribution in [3.8, 4) is 5.75 Å². The zero-order valence-corrected chi connectivity index (χ0v) is 13.0. The third kappa shape index (κ3) is 3.88. The summed E-state index contributed by atoms with van der Waals surface area (Å²) < 4.78 is 5.87. The first-order valence-corrected chi connectivity index (χ1v) is 7.79. The predicted octanol–water partition coefficient (Wildman–Crippen LogP) is 1.90. The van der Waals surface area contributed by atoms with Gasteiger partial charge in [0.2, 0.25) is 0 Å². The van der Waals surface area contributed by atoms with Gasteiger partial charge in [0.1, 0.15) is 12.4 Å². The molecule has 0 saturated carbocycles. The van der Waals surface area contributed by atoms with Crippen molar-refractivity contribution in [3.05, 3.63) is 65.7 Å². The van der Waals surface area contributed by atoms with Crippen molar-refractivity contribution in [3.63, 3.8) is 0 Å². The fourth-order valence-corrected chi connectivity index (χ4v) is 2.60. The van der Waals surface area contributed by atoms with Crippen molar-refractivity contribution >= 4 is 5.91 Å². The number of hydrogen-bond acceptors (Lipinski definition) is 4. The van der Waals surface area contributed by atoms with Crippen LogP contribution in [-0.2, 0) is 6.61 Å². The molecule has 2 N–H and O–H groups in total. The maximum atomic E-state index is 12.7. The Labute approximate surface area is 136 Å². The molecule has 2 aromatic carbocycles. The second kappa shape index (κ2) is 7.26.